The second kappa shape index (κ2) is 7.98. The van der Waals surface area contributed by atoms with Crippen molar-refractivity contribution in [1.82, 2.24) is 25.2 Å². The number of aromatic nitrogens is 1. The van der Waals surface area contributed by atoms with Crippen LogP contribution in [0, 0.1) is 6.92 Å². The zero-order valence-corrected chi connectivity index (χ0v) is 14.8. The van der Waals surface area contributed by atoms with Crippen LogP contribution in [0.3, 0.4) is 0 Å². The van der Waals surface area contributed by atoms with Gasteiger partial charge in [0.2, 0.25) is 0 Å². The van der Waals surface area contributed by atoms with Gasteiger partial charge in [0.05, 0.1) is 5.69 Å². The zero-order valence-electron chi connectivity index (χ0n) is 14.8. The topological polar surface area (TPSA) is 64.8 Å². The maximum Gasteiger partial charge on any atom is 0.317 e. The number of nitrogens with zero attached hydrogens (tertiary/aromatic N) is 4. The molecular formula is C17H29N5O2. The van der Waals surface area contributed by atoms with Crippen LogP contribution < -0.4 is 5.32 Å². The van der Waals surface area contributed by atoms with Gasteiger partial charge in [0.15, 0.2) is 0 Å². The summed E-state index contributed by atoms with van der Waals surface area (Å²) in [6, 6.07) is 2.46. The molecule has 0 bridgehead atoms. The Morgan fingerprint density at radius 2 is 1.96 bits per heavy atom. The van der Waals surface area contributed by atoms with Gasteiger partial charge < -0.3 is 14.7 Å². The largest absolute Gasteiger partial charge is 0.361 e. The van der Waals surface area contributed by atoms with Gasteiger partial charge in [-0.1, -0.05) is 5.16 Å². The van der Waals surface area contributed by atoms with Crippen LogP contribution in [0.5, 0.6) is 0 Å². The number of rotatable bonds is 5. The van der Waals surface area contributed by atoms with Crippen molar-refractivity contribution >= 4 is 6.03 Å². The highest BCUT2D eigenvalue weighted by Gasteiger charge is 2.23. The Morgan fingerprint density at radius 1 is 1.25 bits per heavy atom. The second-order valence-corrected chi connectivity index (χ2v) is 6.97. The number of urea groups is 1. The monoisotopic (exact) mass is 335 g/mol. The molecule has 2 aliphatic rings. The van der Waals surface area contributed by atoms with E-state index in [0.717, 1.165) is 63.8 Å². The summed E-state index contributed by atoms with van der Waals surface area (Å²) in [6.45, 7) is 11.2. The predicted molar refractivity (Wildman–Crippen MR) is 91.8 cm³/mol. The zero-order chi connectivity index (χ0) is 16.9. The van der Waals surface area contributed by atoms with Crippen LogP contribution in [0.25, 0.3) is 0 Å². The summed E-state index contributed by atoms with van der Waals surface area (Å²) in [7, 11) is 0. The van der Waals surface area contributed by atoms with Crippen molar-refractivity contribution in [2.45, 2.75) is 39.3 Å². The van der Waals surface area contributed by atoms with Crippen LogP contribution in [0.1, 0.15) is 31.2 Å². The molecule has 0 saturated carbocycles. The van der Waals surface area contributed by atoms with E-state index >= 15 is 0 Å². The van der Waals surface area contributed by atoms with E-state index in [1.165, 1.54) is 12.8 Å². The molecule has 0 radical (unpaired) electrons. The summed E-state index contributed by atoms with van der Waals surface area (Å²) in [4.78, 5) is 19.0. The van der Waals surface area contributed by atoms with E-state index in [2.05, 4.69) is 27.2 Å². The average Bonchev–Trinajstić information content (AvgIpc) is 3.25. The number of likely N-dealkylation sites (tertiary alicyclic amines) is 1. The third-order valence-electron chi connectivity index (χ3n) is 5.03. The maximum atomic E-state index is 12.3. The molecule has 24 heavy (non-hydrogen) atoms. The molecule has 1 N–H and O–H groups in total. The van der Waals surface area contributed by atoms with Crippen molar-refractivity contribution < 1.29 is 9.32 Å². The normalized spacial score (nSPS) is 21.2. The van der Waals surface area contributed by atoms with E-state index in [1.807, 2.05) is 17.9 Å². The molecular weight excluding hydrogens is 306 g/mol. The van der Waals surface area contributed by atoms with E-state index in [0.29, 0.717) is 6.04 Å². The van der Waals surface area contributed by atoms with Crippen LogP contribution in [-0.4, -0.2) is 77.7 Å². The minimum absolute atomic E-state index is 0.0676. The SMILES string of the molecule is Cc1cc(CN2CCN(C(=O)NC[C@@H](C)N3CCCC3)CC2)no1. The lowest BCUT2D eigenvalue weighted by atomic mass is 10.3. The van der Waals surface area contributed by atoms with Crippen molar-refractivity contribution in [1.29, 1.82) is 0 Å². The molecule has 0 unspecified atom stereocenters. The van der Waals surface area contributed by atoms with Gasteiger partial charge in [0.1, 0.15) is 5.76 Å². The Kier molecular flexibility index (Phi) is 5.73. The summed E-state index contributed by atoms with van der Waals surface area (Å²) >= 11 is 0. The van der Waals surface area contributed by atoms with E-state index < -0.39 is 0 Å². The standard InChI is InChI=1S/C17H29N5O2/c1-14(21-5-3-4-6-21)12-18-17(23)22-9-7-20(8-10-22)13-16-11-15(2)24-19-16/h11,14H,3-10,12-13H2,1-2H3,(H,18,23)/t14-/m1/s1. The summed E-state index contributed by atoms with van der Waals surface area (Å²) in [5.41, 5.74) is 0.963. The summed E-state index contributed by atoms with van der Waals surface area (Å²) in [5, 5.41) is 7.13. The fourth-order valence-corrected chi connectivity index (χ4v) is 3.49. The number of carbonyl (C=O) groups excluding carboxylic acids is 1. The van der Waals surface area contributed by atoms with Gasteiger partial charge >= 0.3 is 6.03 Å². The highest BCUT2D eigenvalue weighted by molar-refractivity contribution is 5.74. The van der Waals surface area contributed by atoms with Crippen molar-refractivity contribution in [2.75, 3.05) is 45.8 Å². The fraction of sp³-hybridized carbons (Fsp3) is 0.765. The number of hydrogen-bond acceptors (Lipinski definition) is 5. The molecule has 7 heteroatoms. The number of amides is 2. The minimum atomic E-state index is 0.0676. The van der Waals surface area contributed by atoms with E-state index in [4.69, 9.17) is 4.52 Å². The van der Waals surface area contributed by atoms with Crippen molar-refractivity contribution in [2.24, 2.45) is 0 Å². The molecule has 2 amide bonds. The Hall–Kier alpha value is -1.60. The minimum Gasteiger partial charge on any atom is -0.361 e. The summed E-state index contributed by atoms with van der Waals surface area (Å²) in [5.74, 6) is 0.843. The molecule has 2 saturated heterocycles. The number of carbonyl (C=O) groups is 1. The lowest BCUT2D eigenvalue weighted by molar-refractivity contribution is 0.131. The Balaban J connectivity index is 1.37. The first-order valence-electron chi connectivity index (χ1n) is 9.03. The van der Waals surface area contributed by atoms with Gasteiger partial charge in [0, 0.05) is 51.4 Å². The van der Waals surface area contributed by atoms with Gasteiger partial charge in [0.25, 0.3) is 0 Å². The Bertz CT molecular complexity index is 533. The highest BCUT2D eigenvalue weighted by atomic mass is 16.5. The first kappa shape index (κ1) is 17.2. The maximum absolute atomic E-state index is 12.3. The molecule has 1 aromatic heterocycles. The Labute approximate surface area is 143 Å². The third-order valence-corrected chi connectivity index (χ3v) is 5.03. The fourth-order valence-electron chi connectivity index (χ4n) is 3.49. The molecule has 2 fully saturated rings. The predicted octanol–water partition coefficient (Wildman–Crippen LogP) is 1.29. The van der Waals surface area contributed by atoms with Gasteiger partial charge in [-0.25, -0.2) is 4.79 Å². The van der Waals surface area contributed by atoms with Gasteiger partial charge in [-0.05, 0) is 39.8 Å². The lowest BCUT2D eigenvalue weighted by Gasteiger charge is -2.34. The quantitative estimate of drug-likeness (QED) is 0.878. The summed E-state index contributed by atoms with van der Waals surface area (Å²) < 4.78 is 5.11. The van der Waals surface area contributed by atoms with Crippen molar-refractivity contribution in [3.8, 4) is 0 Å². The van der Waals surface area contributed by atoms with Crippen LogP contribution in [0.2, 0.25) is 0 Å². The lowest BCUT2D eigenvalue weighted by Crippen LogP contribution is -2.53. The van der Waals surface area contributed by atoms with E-state index in [1.54, 1.807) is 0 Å². The smallest absolute Gasteiger partial charge is 0.317 e. The first-order valence-corrected chi connectivity index (χ1v) is 9.03. The number of nitrogens with one attached hydrogen (secondary N) is 1. The first-order chi connectivity index (χ1) is 11.6. The van der Waals surface area contributed by atoms with E-state index in [-0.39, 0.29) is 6.03 Å². The number of hydrogen-bond donors (Lipinski definition) is 1. The molecule has 0 spiro atoms. The van der Waals surface area contributed by atoms with Crippen LogP contribution in [0.15, 0.2) is 10.6 Å². The van der Waals surface area contributed by atoms with Crippen molar-refractivity contribution in [3.63, 3.8) is 0 Å². The Morgan fingerprint density at radius 3 is 2.58 bits per heavy atom. The van der Waals surface area contributed by atoms with Gasteiger partial charge in [-0.2, -0.15) is 0 Å². The molecule has 3 rings (SSSR count). The van der Waals surface area contributed by atoms with Gasteiger partial charge in [-0.3, -0.25) is 9.80 Å². The van der Waals surface area contributed by atoms with E-state index in [9.17, 15) is 4.79 Å². The average molecular weight is 335 g/mol. The highest BCUT2D eigenvalue weighted by Crippen LogP contribution is 2.11. The third kappa shape index (κ3) is 4.48. The molecule has 0 aliphatic carbocycles. The van der Waals surface area contributed by atoms with Gasteiger partial charge in [-0.15, -0.1) is 0 Å². The molecule has 2 aliphatic heterocycles. The van der Waals surface area contributed by atoms with Crippen LogP contribution in [-0.2, 0) is 6.54 Å². The molecule has 0 aromatic carbocycles. The molecule has 1 aromatic rings. The van der Waals surface area contributed by atoms with Crippen LogP contribution in [0.4, 0.5) is 4.79 Å². The molecule has 7 nitrogen and oxygen atoms in total. The second-order valence-electron chi connectivity index (χ2n) is 6.97. The van der Waals surface area contributed by atoms with Crippen molar-refractivity contribution in [3.05, 3.63) is 17.5 Å². The number of aryl methyl sites for hydroxylation is 1. The van der Waals surface area contributed by atoms with Crippen LogP contribution >= 0.6 is 0 Å². The molecule has 3 heterocycles. The number of piperazine rings is 1. The molecule has 1 atom stereocenters. The summed E-state index contributed by atoms with van der Waals surface area (Å²) in [6.07, 6.45) is 2.57. The molecule has 134 valence electrons.